The molecule has 2 rings (SSSR count). The zero-order chi connectivity index (χ0) is 15.8. The third-order valence-electron chi connectivity index (χ3n) is 2.81. The summed E-state index contributed by atoms with van der Waals surface area (Å²) >= 11 is 0. The van der Waals surface area contributed by atoms with E-state index in [2.05, 4.69) is 20.8 Å². The smallest absolute Gasteiger partial charge is 0.262 e. The van der Waals surface area contributed by atoms with Crippen molar-refractivity contribution in [1.29, 1.82) is 0 Å². The van der Waals surface area contributed by atoms with E-state index in [1.807, 2.05) is 60.7 Å². The molecule has 0 saturated heterocycles. The fourth-order valence-electron chi connectivity index (χ4n) is 1.86. The Kier molecular flexibility index (Phi) is 6.04. The first-order chi connectivity index (χ1) is 10.5. The number of hydrogen-bond acceptors (Lipinski definition) is 3. The summed E-state index contributed by atoms with van der Waals surface area (Å²) < 4.78 is 17.7. The lowest BCUT2D eigenvalue weighted by Gasteiger charge is -2.23. The highest BCUT2D eigenvalue weighted by Crippen LogP contribution is 2.21. The highest BCUT2D eigenvalue weighted by atomic mass is 28.2. The minimum Gasteiger partial charge on any atom is -0.452 e. The lowest BCUT2D eigenvalue weighted by molar-refractivity contribution is -0.0279. The highest BCUT2D eigenvalue weighted by Gasteiger charge is 2.17. The summed E-state index contributed by atoms with van der Waals surface area (Å²) in [6.07, 6.45) is -0.445. The maximum Gasteiger partial charge on any atom is 0.262 e. The molecule has 0 unspecified atom stereocenters. The van der Waals surface area contributed by atoms with Gasteiger partial charge in [0.1, 0.15) is 18.1 Å². The summed E-state index contributed by atoms with van der Waals surface area (Å²) in [6.45, 7) is 7.03. The standard InChI is InChI=1S/C18H24O3Si/c1-18(2,3)22-19-14-17(20-15-10-6-4-7-11-15)21-16-12-8-5-9-13-16/h4-13,17H,14,22H2,1-3H3. The van der Waals surface area contributed by atoms with Gasteiger partial charge >= 0.3 is 0 Å². The summed E-state index contributed by atoms with van der Waals surface area (Å²) in [4.78, 5) is 0. The zero-order valence-electron chi connectivity index (χ0n) is 13.5. The largest absolute Gasteiger partial charge is 0.452 e. The van der Waals surface area contributed by atoms with Crippen molar-refractivity contribution in [3.63, 3.8) is 0 Å². The Balaban J connectivity index is 1.97. The van der Waals surface area contributed by atoms with Crippen molar-refractivity contribution in [3.8, 4) is 11.5 Å². The highest BCUT2D eigenvalue weighted by molar-refractivity contribution is 6.31. The number of hydrogen-bond donors (Lipinski definition) is 0. The van der Waals surface area contributed by atoms with E-state index in [0.717, 1.165) is 11.5 Å². The van der Waals surface area contributed by atoms with Crippen LogP contribution in [0.25, 0.3) is 0 Å². The van der Waals surface area contributed by atoms with Gasteiger partial charge in [-0.15, -0.1) is 0 Å². The van der Waals surface area contributed by atoms with Gasteiger partial charge in [0, 0.05) is 0 Å². The first kappa shape index (κ1) is 16.6. The van der Waals surface area contributed by atoms with Crippen molar-refractivity contribution in [2.24, 2.45) is 0 Å². The van der Waals surface area contributed by atoms with E-state index in [9.17, 15) is 0 Å². The van der Waals surface area contributed by atoms with E-state index >= 15 is 0 Å². The Morgan fingerprint density at radius 3 is 1.68 bits per heavy atom. The van der Waals surface area contributed by atoms with Crippen LogP contribution in [-0.2, 0) is 4.43 Å². The summed E-state index contributed by atoms with van der Waals surface area (Å²) in [7, 11) is -0.631. The molecular weight excluding hydrogens is 292 g/mol. The van der Waals surface area contributed by atoms with Crippen LogP contribution in [0.1, 0.15) is 20.8 Å². The number of para-hydroxylation sites is 2. The van der Waals surface area contributed by atoms with Gasteiger partial charge in [0.05, 0.1) is 0 Å². The van der Waals surface area contributed by atoms with E-state index in [1.165, 1.54) is 0 Å². The molecule has 0 amide bonds. The molecule has 0 atom stereocenters. The molecule has 118 valence electrons. The summed E-state index contributed by atoms with van der Waals surface area (Å²) in [5, 5.41) is 0.254. The molecular formula is C18H24O3Si. The van der Waals surface area contributed by atoms with Crippen LogP contribution in [0.3, 0.4) is 0 Å². The van der Waals surface area contributed by atoms with Crippen molar-refractivity contribution >= 4 is 9.76 Å². The van der Waals surface area contributed by atoms with Crippen LogP contribution in [0.2, 0.25) is 5.04 Å². The Hall–Kier alpha value is -1.78. The van der Waals surface area contributed by atoms with Crippen LogP contribution in [-0.4, -0.2) is 22.7 Å². The molecule has 0 aliphatic carbocycles. The molecule has 0 aliphatic rings. The van der Waals surface area contributed by atoms with Crippen LogP contribution in [0, 0.1) is 0 Å². The molecule has 0 fully saturated rings. The van der Waals surface area contributed by atoms with E-state index in [4.69, 9.17) is 13.9 Å². The number of benzene rings is 2. The molecule has 0 N–H and O–H groups in total. The molecule has 0 bridgehead atoms. The van der Waals surface area contributed by atoms with E-state index in [0.29, 0.717) is 6.61 Å². The van der Waals surface area contributed by atoms with Crippen LogP contribution < -0.4 is 9.47 Å². The van der Waals surface area contributed by atoms with Crippen LogP contribution in [0.15, 0.2) is 60.7 Å². The minimum absolute atomic E-state index is 0.254. The molecule has 2 aromatic carbocycles. The van der Waals surface area contributed by atoms with Gasteiger partial charge in [-0.3, -0.25) is 0 Å². The Labute approximate surface area is 135 Å². The fourth-order valence-corrected chi connectivity index (χ4v) is 2.78. The van der Waals surface area contributed by atoms with Crippen LogP contribution in [0.5, 0.6) is 11.5 Å². The van der Waals surface area contributed by atoms with Crippen LogP contribution in [0.4, 0.5) is 0 Å². The molecule has 4 heteroatoms. The first-order valence-electron chi connectivity index (χ1n) is 7.54. The quantitative estimate of drug-likeness (QED) is 0.574. The molecule has 0 saturated carbocycles. The topological polar surface area (TPSA) is 27.7 Å². The van der Waals surface area contributed by atoms with Gasteiger partial charge in [0.25, 0.3) is 6.29 Å². The first-order valence-corrected chi connectivity index (χ1v) is 8.82. The maximum absolute atomic E-state index is 5.91. The maximum atomic E-state index is 5.91. The average Bonchev–Trinajstić information content (AvgIpc) is 2.48. The fraction of sp³-hybridized carbons (Fsp3) is 0.333. The summed E-state index contributed by atoms with van der Waals surface area (Å²) in [5.74, 6) is 1.56. The second kappa shape index (κ2) is 8.01. The third kappa shape index (κ3) is 6.33. The predicted octanol–water partition coefficient (Wildman–Crippen LogP) is 3.79. The van der Waals surface area contributed by atoms with Gasteiger partial charge in [-0.25, -0.2) is 0 Å². The van der Waals surface area contributed by atoms with Gasteiger partial charge in [0.2, 0.25) is 0 Å². The van der Waals surface area contributed by atoms with Crippen molar-refractivity contribution in [2.45, 2.75) is 32.1 Å². The second-order valence-corrected chi connectivity index (χ2v) is 9.19. The van der Waals surface area contributed by atoms with Crippen molar-refractivity contribution in [1.82, 2.24) is 0 Å². The number of rotatable bonds is 7. The Morgan fingerprint density at radius 1 is 0.818 bits per heavy atom. The van der Waals surface area contributed by atoms with Gasteiger partial charge in [0.15, 0.2) is 9.76 Å². The van der Waals surface area contributed by atoms with Crippen molar-refractivity contribution in [2.75, 3.05) is 6.61 Å². The monoisotopic (exact) mass is 316 g/mol. The van der Waals surface area contributed by atoms with E-state index < -0.39 is 16.1 Å². The lowest BCUT2D eigenvalue weighted by Crippen LogP contribution is -2.31. The molecule has 0 spiro atoms. The molecule has 0 aromatic heterocycles. The van der Waals surface area contributed by atoms with E-state index in [-0.39, 0.29) is 5.04 Å². The van der Waals surface area contributed by atoms with Gasteiger partial charge < -0.3 is 13.9 Å². The average molecular weight is 316 g/mol. The van der Waals surface area contributed by atoms with Gasteiger partial charge in [-0.2, -0.15) is 0 Å². The normalized spacial score (nSPS) is 12.0. The zero-order valence-corrected chi connectivity index (χ0v) is 14.9. The summed E-state index contributed by atoms with van der Waals surface area (Å²) in [6, 6.07) is 19.4. The van der Waals surface area contributed by atoms with Crippen LogP contribution >= 0.6 is 0 Å². The molecule has 0 aliphatic heterocycles. The molecule has 2 aromatic rings. The van der Waals surface area contributed by atoms with Crippen molar-refractivity contribution in [3.05, 3.63) is 60.7 Å². The van der Waals surface area contributed by atoms with Crippen molar-refractivity contribution < 1.29 is 13.9 Å². The van der Waals surface area contributed by atoms with E-state index in [1.54, 1.807) is 0 Å². The molecule has 22 heavy (non-hydrogen) atoms. The number of ether oxygens (including phenoxy) is 2. The predicted molar refractivity (Wildman–Crippen MR) is 92.1 cm³/mol. The Morgan fingerprint density at radius 2 is 1.27 bits per heavy atom. The molecule has 0 heterocycles. The molecule has 0 radical (unpaired) electrons. The minimum atomic E-state index is -0.631. The third-order valence-corrected chi connectivity index (χ3v) is 4.12. The Bertz CT molecular complexity index is 496. The second-order valence-electron chi connectivity index (χ2n) is 6.37. The molecule has 3 nitrogen and oxygen atoms in total. The summed E-state index contributed by atoms with van der Waals surface area (Å²) in [5.41, 5.74) is 0. The van der Waals surface area contributed by atoms with Gasteiger partial charge in [-0.05, 0) is 29.3 Å². The SMILES string of the molecule is CC(C)(C)[SiH2]OCC(Oc1ccccc1)Oc1ccccc1. The van der Waals surface area contributed by atoms with Gasteiger partial charge in [-0.1, -0.05) is 57.2 Å². The lowest BCUT2D eigenvalue weighted by atomic mass is 10.3.